The molecule has 2 N–H and O–H groups in total. The maximum absolute atomic E-state index is 10.6. The van der Waals surface area contributed by atoms with Gasteiger partial charge in [0.25, 0.3) is 5.69 Å². The van der Waals surface area contributed by atoms with Crippen molar-refractivity contribution in [2.45, 2.75) is 0 Å². The first-order valence-corrected chi connectivity index (χ1v) is 6.17. The van der Waals surface area contributed by atoms with E-state index in [2.05, 4.69) is 4.99 Å². The van der Waals surface area contributed by atoms with Crippen molar-refractivity contribution >= 4 is 29.0 Å². The van der Waals surface area contributed by atoms with Crippen molar-refractivity contribution < 1.29 is 10.2 Å². The molecule has 5 nitrogen and oxygen atoms in total. The van der Waals surface area contributed by atoms with Crippen LogP contribution in [0.25, 0.3) is 6.08 Å². The molecule has 0 bridgehead atoms. The molecule has 0 spiro atoms. The fourth-order valence-electron chi connectivity index (χ4n) is 2.02. The van der Waals surface area contributed by atoms with Gasteiger partial charge in [-0.05, 0) is 29.8 Å². The third-order valence-corrected chi connectivity index (χ3v) is 3.04. The Balaban J connectivity index is 1.74. The van der Waals surface area contributed by atoms with E-state index in [4.69, 9.17) is 0 Å². The van der Waals surface area contributed by atoms with Gasteiger partial charge >= 0.3 is 0 Å². The van der Waals surface area contributed by atoms with Crippen LogP contribution in [0.15, 0.2) is 59.6 Å². The lowest BCUT2D eigenvalue weighted by atomic mass is 10.2. The van der Waals surface area contributed by atoms with Crippen molar-refractivity contribution in [2.75, 3.05) is 0 Å². The van der Waals surface area contributed by atoms with Crippen LogP contribution < -0.4 is 5.32 Å². The van der Waals surface area contributed by atoms with Crippen LogP contribution in [-0.4, -0.2) is 10.8 Å². The van der Waals surface area contributed by atoms with Gasteiger partial charge in [-0.3, -0.25) is 15.4 Å². The molecule has 0 atom stereocenters. The summed E-state index contributed by atoms with van der Waals surface area (Å²) in [5.41, 5.74) is 3.08. The fraction of sp³-hybridized carbons (Fsp3) is 0. The summed E-state index contributed by atoms with van der Waals surface area (Å²) < 4.78 is 0. The van der Waals surface area contributed by atoms with E-state index < -0.39 is 4.92 Å². The van der Waals surface area contributed by atoms with Gasteiger partial charge in [0.05, 0.1) is 4.92 Å². The number of para-hydroxylation sites is 2. The van der Waals surface area contributed by atoms with Crippen LogP contribution in [0.2, 0.25) is 0 Å². The number of amidine groups is 1. The molecule has 5 heteroatoms. The molecule has 3 rings (SSSR count). The molecule has 0 unspecified atom stereocenters. The highest BCUT2D eigenvalue weighted by Gasteiger charge is 2.15. The molecule has 1 heterocycles. The highest BCUT2D eigenvalue weighted by Crippen LogP contribution is 2.23. The van der Waals surface area contributed by atoms with E-state index in [0.717, 1.165) is 22.8 Å². The molecular formula is C15H12N3O2+. The van der Waals surface area contributed by atoms with Gasteiger partial charge < -0.3 is 0 Å². The molecule has 0 aromatic heterocycles. The third kappa shape index (κ3) is 2.48. The second kappa shape index (κ2) is 5.07. The number of fused-ring (bicyclic) bond motifs is 1. The monoisotopic (exact) mass is 266 g/mol. The van der Waals surface area contributed by atoms with Crippen LogP contribution in [0.3, 0.4) is 0 Å². The molecule has 0 amide bonds. The summed E-state index contributed by atoms with van der Waals surface area (Å²) in [6, 6.07) is 14.4. The SMILES string of the molecule is O=[N+]([O-])c1ccc(C=CC2=Nc3ccccc3[NH2+]2)cc1. The molecular weight excluding hydrogens is 254 g/mol. The predicted octanol–water partition coefficient (Wildman–Crippen LogP) is 2.55. The van der Waals surface area contributed by atoms with Crippen molar-refractivity contribution in [1.29, 1.82) is 0 Å². The minimum atomic E-state index is -0.404. The van der Waals surface area contributed by atoms with Gasteiger partial charge in [0.2, 0.25) is 5.84 Å². The Morgan fingerprint density at radius 2 is 1.80 bits per heavy atom. The van der Waals surface area contributed by atoms with Gasteiger partial charge in [-0.1, -0.05) is 12.1 Å². The van der Waals surface area contributed by atoms with Crippen molar-refractivity contribution in [2.24, 2.45) is 4.99 Å². The van der Waals surface area contributed by atoms with Crippen LogP contribution in [0.1, 0.15) is 5.56 Å². The molecule has 98 valence electrons. The Morgan fingerprint density at radius 3 is 2.50 bits per heavy atom. The Morgan fingerprint density at radius 1 is 1.05 bits per heavy atom. The molecule has 0 saturated carbocycles. The average Bonchev–Trinajstić information content (AvgIpc) is 2.88. The van der Waals surface area contributed by atoms with E-state index in [9.17, 15) is 10.1 Å². The lowest BCUT2D eigenvalue weighted by Crippen LogP contribution is -2.79. The highest BCUT2D eigenvalue weighted by atomic mass is 16.6. The van der Waals surface area contributed by atoms with E-state index in [1.165, 1.54) is 12.1 Å². The van der Waals surface area contributed by atoms with E-state index in [-0.39, 0.29) is 5.69 Å². The summed E-state index contributed by atoms with van der Waals surface area (Å²) >= 11 is 0. The number of rotatable bonds is 3. The smallest absolute Gasteiger partial charge is 0.263 e. The number of benzene rings is 2. The Bertz CT molecular complexity index is 718. The molecule has 0 fully saturated rings. The van der Waals surface area contributed by atoms with Gasteiger partial charge in [0, 0.05) is 24.3 Å². The number of nitro benzene ring substituents is 1. The number of nitro groups is 1. The summed E-state index contributed by atoms with van der Waals surface area (Å²) in [6.45, 7) is 0. The molecule has 2 aromatic rings. The topological polar surface area (TPSA) is 72.1 Å². The second-order valence-electron chi connectivity index (χ2n) is 4.42. The summed E-state index contributed by atoms with van der Waals surface area (Å²) in [5, 5.41) is 12.6. The normalized spacial score (nSPS) is 13.3. The Kier molecular flexibility index (Phi) is 3.10. The zero-order chi connectivity index (χ0) is 13.9. The molecule has 1 aliphatic rings. The van der Waals surface area contributed by atoms with Crippen LogP contribution in [0.4, 0.5) is 17.1 Å². The van der Waals surface area contributed by atoms with Gasteiger partial charge in [-0.25, -0.2) is 0 Å². The zero-order valence-electron chi connectivity index (χ0n) is 10.6. The lowest BCUT2D eigenvalue weighted by molar-refractivity contribution is -0.436. The number of nitrogens with two attached hydrogens (primary N) is 1. The first kappa shape index (κ1) is 12.3. The third-order valence-electron chi connectivity index (χ3n) is 3.04. The number of hydrogen-bond donors (Lipinski definition) is 1. The largest absolute Gasteiger partial charge is 0.269 e. The van der Waals surface area contributed by atoms with Crippen LogP contribution in [0, 0.1) is 10.1 Å². The standard InChI is InChI=1S/C15H11N3O2/c19-18(20)12-8-5-11(6-9-12)7-10-15-16-13-3-1-2-4-14(13)17-15/h1-10H,(H,16,17)/p+1. The highest BCUT2D eigenvalue weighted by molar-refractivity contribution is 5.95. The minimum absolute atomic E-state index is 0.0966. The molecule has 20 heavy (non-hydrogen) atoms. The van der Waals surface area contributed by atoms with Gasteiger partial charge in [0.1, 0.15) is 5.69 Å². The zero-order valence-corrected chi connectivity index (χ0v) is 10.6. The van der Waals surface area contributed by atoms with Gasteiger partial charge in [-0.2, -0.15) is 4.99 Å². The lowest BCUT2D eigenvalue weighted by Gasteiger charge is -1.93. The van der Waals surface area contributed by atoms with Gasteiger partial charge in [0.15, 0.2) is 5.69 Å². The fourth-order valence-corrected chi connectivity index (χ4v) is 2.02. The van der Waals surface area contributed by atoms with Gasteiger partial charge in [-0.15, -0.1) is 0 Å². The maximum atomic E-state index is 10.6. The molecule has 2 aromatic carbocycles. The quantitative estimate of drug-likeness (QED) is 0.526. The Labute approximate surface area is 115 Å². The number of non-ortho nitro benzene ring substituents is 1. The van der Waals surface area contributed by atoms with Crippen molar-refractivity contribution in [3.05, 3.63) is 70.3 Å². The summed E-state index contributed by atoms with van der Waals surface area (Å²) in [6.07, 6.45) is 3.80. The molecule has 0 saturated heterocycles. The predicted molar refractivity (Wildman–Crippen MR) is 77.3 cm³/mol. The number of aliphatic imine (C=N–C) groups is 1. The number of nitrogens with zero attached hydrogens (tertiary/aromatic N) is 2. The van der Waals surface area contributed by atoms with E-state index in [0.29, 0.717) is 0 Å². The summed E-state index contributed by atoms with van der Waals surface area (Å²) in [5.74, 6) is 0.879. The summed E-state index contributed by atoms with van der Waals surface area (Å²) in [4.78, 5) is 14.6. The van der Waals surface area contributed by atoms with Crippen LogP contribution >= 0.6 is 0 Å². The first-order valence-electron chi connectivity index (χ1n) is 6.17. The minimum Gasteiger partial charge on any atom is -0.263 e. The second-order valence-corrected chi connectivity index (χ2v) is 4.42. The van der Waals surface area contributed by atoms with Crippen LogP contribution in [0.5, 0.6) is 0 Å². The molecule has 1 aliphatic heterocycles. The average molecular weight is 266 g/mol. The maximum Gasteiger partial charge on any atom is 0.269 e. The first-order chi connectivity index (χ1) is 9.72. The van der Waals surface area contributed by atoms with Crippen LogP contribution in [-0.2, 0) is 0 Å². The summed E-state index contributed by atoms with van der Waals surface area (Å²) in [7, 11) is 0. The van der Waals surface area contributed by atoms with Crippen molar-refractivity contribution in [1.82, 2.24) is 0 Å². The number of quaternary nitrogens is 1. The van der Waals surface area contributed by atoms with E-state index in [1.807, 2.05) is 41.7 Å². The van der Waals surface area contributed by atoms with Crippen molar-refractivity contribution in [3.8, 4) is 0 Å². The number of hydrogen-bond acceptors (Lipinski definition) is 3. The Hall–Kier alpha value is -2.79. The molecule has 0 aliphatic carbocycles. The van der Waals surface area contributed by atoms with E-state index >= 15 is 0 Å². The van der Waals surface area contributed by atoms with E-state index in [1.54, 1.807) is 12.1 Å². The van der Waals surface area contributed by atoms with Crippen molar-refractivity contribution in [3.63, 3.8) is 0 Å². The molecule has 0 radical (unpaired) electrons.